The van der Waals surface area contributed by atoms with Crippen molar-refractivity contribution >= 4 is 57.6 Å². The number of nitrogens with one attached hydrogen (secondary N) is 1. The fraction of sp³-hybridized carbons (Fsp3) is 0.107. The number of thioether (sulfide) groups is 1. The average molecular weight is 533 g/mol. The van der Waals surface area contributed by atoms with Gasteiger partial charge in [-0.15, -0.1) is 6.42 Å². The minimum atomic E-state index is -0.398. The Morgan fingerprint density at radius 2 is 1.92 bits per heavy atom. The first kappa shape index (κ1) is 25.9. The number of terminal acetylenes is 1. The van der Waals surface area contributed by atoms with Gasteiger partial charge in [0.2, 0.25) is 0 Å². The molecule has 1 aliphatic rings. The maximum absolute atomic E-state index is 13.3. The third-order valence-corrected chi connectivity index (χ3v) is 6.44. The number of hydrogen-bond donors (Lipinski definition) is 1. The molecule has 0 radical (unpaired) electrons. The molecule has 2 amide bonds. The molecule has 0 bridgehead atoms. The second-order valence-corrected chi connectivity index (χ2v) is 9.34. The number of ether oxygens (including phenoxy) is 2. The summed E-state index contributed by atoms with van der Waals surface area (Å²) in [5.41, 5.74) is 1.96. The lowest BCUT2D eigenvalue weighted by molar-refractivity contribution is -0.113. The second kappa shape index (κ2) is 11.7. The van der Waals surface area contributed by atoms with Crippen molar-refractivity contribution in [1.82, 2.24) is 0 Å². The van der Waals surface area contributed by atoms with Gasteiger partial charge in [-0.25, -0.2) is 4.39 Å². The van der Waals surface area contributed by atoms with Crippen LogP contribution in [-0.4, -0.2) is 29.3 Å². The third kappa shape index (κ3) is 6.17. The van der Waals surface area contributed by atoms with Crippen molar-refractivity contribution in [2.24, 2.45) is 0 Å². The predicted molar refractivity (Wildman–Crippen MR) is 148 cm³/mol. The van der Waals surface area contributed by atoms with Gasteiger partial charge in [-0.2, -0.15) is 0 Å². The summed E-state index contributed by atoms with van der Waals surface area (Å²) in [6.07, 6.45) is 7.00. The Morgan fingerprint density at radius 1 is 1.14 bits per heavy atom. The first-order valence-electron chi connectivity index (χ1n) is 11.2. The lowest BCUT2D eigenvalue weighted by atomic mass is 10.1. The van der Waals surface area contributed by atoms with Gasteiger partial charge < -0.3 is 14.8 Å². The van der Waals surface area contributed by atoms with Crippen LogP contribution in [0.2, 0.25) is 0 Å². The Morgan fingerprint density at radius 3 is 2.65 bits per heavy atom. The summed E-state index contributed by atoms with van der Waals surface area (Å²) in [7, 11) is 0. The van der Waals surface area contributed by atoms with Gasteiger partial charge in [-0.3, -0.25) is 14.5 Å². The molecule has 1 aliphatic heterocycles. The van der Waals surface area contributed by atoms with E-state index in [1.54, 1.807) is 48.5 Å². The van der Waals surface area contributed by atoms with E-state index in [9.17, 15) is 14.0 Å². The fourth-order valence-corrected chi connectivity index (χ4v) is 4.78. The molecule has 0 saturated carbocycles. The summed E-state index contributed by atoms with van der Waals surface area (Å²) in [4.78, 5) is 27.8. The minimum Gasteiger partial charge on any atom is -0.490 e. The number of benzene rings is 3. The Labute approximate surface area is 223 Å². The van der Waals surface area contributed by atoms with E-state index in [0.29, 0.717) is 44.3 Å². The van der Waals surface area contributed by atoms with E-state index in [2.05, 4.69) is 11.2 Å². The average Bonchev–Trinajstić information content (AvgIpc) is 3.17. The normalized spacial score (nSPS) is 14.0. The molecule has 1 fully saturated rings. The standard InChI is InChI=1S/C28H21FN2O4S2/c1-3-14-35-23-13-8-18(15-24(23)34-4-2)16-25-27(33)31(28(36)37-25)22-7-5-6-19(17-22)26(32)30-21-11-9-20(29)10-12-21/h1,5-13,15-17H,4,14H2,2H3,(H,30,32)/b25-16+. The third-order valence-electron chi connectivity index (χ3n) is 5.14. The molecule has 186 valence electrons. The van der Waals surface area contributed by atoms with Gasteiger partial charge in [0.25, 0.3) is 11.8 Å². The monoisotopic (exact) mass is 532 g/mol. The minimum absolute atomic E-state index is 0.110. The van der Waals surface area contributed by atoms with Crippen LogP contribution >= 0.6 is 24.0 Å². The van der Waals surface area contributed by atoms with Gasteiger partial charge in [0.15, 0.2) is 15.8 Å². The number of rotatable bonds is 8. The van der Waals surface area contributed by atoms with Crippen LogP contribution in [-0.2, 0) is 4.79 Å². The van der Waals surface area contributed by atoms with E-state index in [-0.39, 0.29) is 12.5 Å². The van der Waals surface area contributed by atoms with E-state index >= 15 is 0 Å². The van der Waals surface area contributed by atoms with Crippen molar-refractivity contribution in [2.45, 2.75) is 6.92 Å². The van der Waals surface area contributed by atoms with Crippen LogP contribution < -0.4 is 19.7 Å². The summed E-state index contributed by atoms with van der Waals surface area (Å²) < 4.78 is 24.7. The molecule has 9 heteroatoms. The maximum Gasteiger partial charge on any atom is 0.270 e. The fourth-order valence-electron chi connectivity index (χ4n) is 3.49. The number of nitrogens with zero attached hydrogens (tertiary/aromatic N) is 1. The number of carbonyl (C=O) groups is 2. The van der Waals surface area contributed by atoms with E-state index in [1.165, 1.54) is 29.2 Å². The molecular formula is C28H21FN2O4S2. The van der Waals surface area contributed by atoms with E-state index in [4.69, 9.17) is 28.1 Å². The van der Waals surface area contributed by atoms with Crippen LogP contribution in [0.25, 0.3) is 6.08 Å². The first-order chi connectivity index (χ1) is 17.9. The molecule has 0 aromatic heterocycles. The molecule has 6 nitrogen and oxygen atoms in total. The lowest BCUT2D eigenvalue weighted by Gasteiger charge is -2.15. The van der Waals surface area contributed by atoms with Crippen molar-refractivity contribution in [1.29, 1.82) is 0 Å². The highest BCUT2D eigenvalue weighted by atomic mass is 32.2. The number of hydrogen-bond acceptors (Lipinski definition) is 6. The molecule has 0 atom stereocenters. The zero-order valence-electron chi connectivity index (χ0n) is 19.7. The smallest absolute Gasteiger partial charge is 0.270 e. The van der Waals surface area contributed by atoms with Crippen LogP contribution in [0.15, 0.2) is 71.6 Å². The Balaban J connectivity index is 1.55. The van der Waals surface area contributed by atoms with Gasteiger partial charge in [-0.1, -0.05) is 42.0 Å². The van der Waals surface area contributed by atoms with Gasteiger partial charge in [0.1, 0.15) is 12.4 Å². The molecule has 1 heterocycles. The molecule has 37 heavy (non-hydrogen) atoms. The van der Waals surface area contributed by atoms with E-state index in [0.717, 1.165) is 17.3 Å². The zero-order valence-corrected chi connectivity index (χ0v) is 21.3. The van der Waals surface area contributed by atoms with Crippen LogP contribution in [0.1, 0.15) is 22.8 Å². The highest BCUT2D eigenvalue weighted by molar-refractivity contribution is 8.27. The van der Waals surface area contributed by atoms with Crippen molar-refractivity contribution in [2.75, 3.05) is 23.4 Å². The van der Waals surface area contributed by atoms with Crippen LogP contribution in [0.5, 0.6) is 11.5 Å². The summed E-state index contributed by atoms with van der Waals surface area (Å²) in [5.74, 6) is 2.34. The molecule has 3 aromatic carbocycles. The van der Waals surface area contributed by atoms with Crippen molar-refractivity contribution < 1.29 is 23.5 Å². The molecule has 1 N–H and O–H groups in total. The number of carbonyl (C=O) groups excluding carboxylic acids is 2. The number of halogens is 1. The van der Waals surface area contributed by atoms with Crippen LogP contribution in [0.3, 0.4) is 0 Å². The number of amides is 2. The lowest BCUT2D eigenvalue weighted by Crippen LogP contribution is -2.27. The Bertz CT molecular complexity index is 1430. The Kier molecular flexibility index (Phi) is 8.23. The SMILES string of the molecule is C#CCOc1ccc(/C=C2/SC(=S)N(c3cccc(C(=O)Nc4ccc(F)cc4)c3)C2=O)cc1OCC. The Hall–Kier alpha value is -4.13. The predicted octanol–water partition coefficient (Wildman–Crippen LogP) is 5.89. The quantitative estimate of drug-likeness (QED) is 0.222. The van der Waals surface area contributed by atoms with Crippen LogP contribution in [0, 0.1) is 18.2 Å². The maximum atomic E-state index is 13.3. The summed E-state index contributed by atoms with van der Waals surface area (Å²) >= 11 is 6.64. The van der Waals surface area contributed by atoms with Crippen LogP contribution in [0.4, 0.5) is 15.8 Å². The summed E-state index contributed by atoms with van der Waals surface area (Å²) in [6.45, 7) is 2.40. The topological polar surface area (TPSA) is 67.9 Å². The van der Waals surface area contributed by atoms with Gasteiger partial charge in [0.05, 0.1) is 17.2 Å². The van der Waals surface area contributed by atoms with Crippen molar-refractivity contribution in [3.8, 4) is 23.8 Å². The van der Waals surface area contributed by atoms with Gasteiger partial charge in [0, 0.05) is 11.3 Å². The highest BCUT2D eigenvalue weighted by Gasteiger charge is 2.33. The molecule has 4 rings (SSSR count). The molecular weight excluding hydrogens is 511 g/mol. The van der Waals surface area contributed by atoms with Gasteiger partial charge in [-0.05, 0) is 73.2 Å². The molecule has 0 spiro atoms. The summed E-state index contributed by atoms with van der Waals surface area (Å²) in [5, 5.41) is 2.71. The van der Waals surface area contributed by atoms with E-state index < -0.39 is 11.7 Å². The second-order valence-electron chi connectivity index (χ2n) is 7.66. The molecule has 1 saturated heterocycles. The highest BCUT2D eigenvalue weighted by Crippen LogP contribution is 2.37. The van der Waals surface area contributed by atoms with Crippen molar-refractivity contribution in [3.05, 3.63) is 88.6 Å². The molecule has 0 aliphatic carbocycles. The first-order valence-corrected chi connectivity index (χ1v) is 12.4. The summed E-state index contributed by atoms with van der Waals surface area (Å²) in [6, 6.07) is 17.3. The van der Waals surface area contributed by atoms with Crippen molar-refractivity contribution in [3.63, 3.8) is 0 Å². The number of anilines is 2. The number of thiocarbonyl (C=S) groups is 1. The van der Waals surface area contributed by atoms with Gasteiger partial charge >= 0.3 is 0 Å². The molecule has 3 aromatic rings. The van der Waals surface area contributed by atoms with E-state index in [1.807, 2.05) is 6.92 Å². The molecule has 0 unspecified atom stereocenters. The zero-order chi connectivity index (χ0) is 26.4. The largest absolute Gasteiger partial charge is 0.490 e.